The van der Waals surface area contributed by atoms with Gasteiger partial charge in [-0.15, -0.1) is 10.2 Å². The van der Waals surface area contributed by atoms with Crippen molar-refractivity contribution >= 4 is 29.3 Å². The number of nitrogens with one attached hydrogen (secondary N) is 1. The van der Waals surface area contributed by atoms with Crippen molar-refractivity contribution in [3.05, 3.63) is 59.2 Å². The summed E-state index contributed by atoms with van der Waals surface area (Å²) < 4.78 is 10.4. The van der Waals surface area contributed by atoms with Gasteiger partial charge >= 0.3 is 5.97 Å². The topological polar surface area (TPSA) is 94.3 Å². The van der Waals surface area contributed by atoms with E-state index in [1.165, 1.54) is 12.7 Å². The van der Waals surface area contributed by atoms with Crippen LogP contribution >= 0.6 is 11.8 Å². The van der Waals surface area contributed by atoms with Gasteiger partial charge in [0, 0.05) is 11.3 Å². The monoisotopic (exact) mass is 439 g/mol. The van der Waals surface area contributed by atoms with Crippen molar-refractivity contribution in [1.29, 1.82) is 0 Å². The molecule has 31 heavy (non-hydrogen) atoms. The van der Waals surface area contributed by atoms with Crippen molar-refractivity contribution in [1.82, 2.24) is 10.2 Å². The molecule has 0 atom stereocenters. The Bertz CT molecular complexity index is 1080. The van der Waals surface area contributed by atoms with E-state index in [0.717, 1.165) is 22.9 Å². The van der Waals surface area contributed by atoms with E-state index in [0.29, 0.717) is 22.4 Å². The Hall–Kier alpha value is -3.13. The zero-order valence-electron chi connectivity index (χ0n) is 18.2. The number of amides is 1. The number of aromatic nitrogens is 2. The molecule has 0 bridgehead atoms. The molecule has 1 amide bonds. The van der Waals surface area contributed by atoms with Gasteiger partial charge in [0.15, 0.2) is 0 Å². The third-order valence-electron chi connectivity index (χ3n) is 4.66. The summed E-state index contributed by atoms with van der Waals surface area (Å²) in [4.78, 5) is 24.1. The van der Waals surface area contributed by atoms with Crippen molar-refractivity contribution in [2.45, 2.75) is 38.3 Å². The Morgan fingerprint density at radius 3 is 2.45 bits per heavy atom. The first-order valence-corrected chi connectivity index (χ1v) is 10.7. The van der Waals surface area contributed by atoms with Gasteiger partial charge in [0.2, 0.25) is 11.8 Å². The fourth-order valence-electron chi connectivity index (χ4n) is 2.81. The summed E-state index contributed by atoms with van der Waals surface area (Å²) in [5.41, 5.74) is 3.87. The van der Waals surface area contributed by atoms with Gasteiger partial charge in [-0.25, -0.2) is 4.79 Å². The highest BCUT2D eigenvalue weighted by Gasteiger charge is 2.16. The lowest BCUT2D eigenvalue weighted by Gasteiger charge is -2.18. The number of anilines is 1. The predicted molar refractivity (Wildman–Crippen MR) is 120 cm³/mol. The molecule has 0 aliphatic rings. The Morgan fingerprint density at radius 2 is 1.81 bits per heavy atom. The van der Waals surface area contributed by atoms with Crippen LogP contribution in [0.2, 0.25) is 0 Å². The van der Waals surface area contributed by atoms with E-state index in [4.69, 9.17) is 9.15 Å². The van der Waals surface area contributed by atoms with Crippen LogP contribution in [0.4, 0.5) is 5.69 Å². The molecule has 1 heterocycles. The van der Waals surface area contributed by atoms with Crippen LogP contribution in [-0.2, 0) is 14.9 Å². The molecule has 3 aromatic rings. The maximum absolute atomic E-state index is 12.4. The average molecular weight is 440 g/mol. The lowest BCUT2D eigenvalue weighted by molar-refractivity contribution is -0.113. The van der Waals surface area contributed by atoms with Crippen LogP contribution in [0.15, 0.2) is 52.1 Å². The second-order valence-corrected chi connectivity index (χ2v) is 8.99. The molecule has 2 aromatic carbocycles. The third-order valence-corrected chi connectivity index (χ3v) is 5.48. The van der Waals surface area contributed by atoms with E-state index in [1.54, 1.807) is 18.2 Å². The Labute approximate surface area is 185 Å². The normalized spacial score (nSPS) is 11.3. The summed E-state index contributed by atoms with van der Waals surface area (Å²) in [5, 5.41) is 11.2. The van der Waals surface area contributed by atoms with Crippen LogP contribution in [0, 0.1) is 6.92 Å². The van der Waals surface area contributed by atoms with Crippen molar-refractivity contribution in [3.63, 3.8) is 0 Å². The summed E-state index contributed by atoms with van der Waals surface area (Å²) in [6.45, 7) is 8.31. The SMILES string of the molecule is COC(=O)c1ccc(C)c(NC(=O)CSc2nnc(-c3ccc(C(C)(C)C)cc3)o2)c1. The number of carbonyl (C=O) groups is 2. The number of nitrogens with zero attached hydrogens (tertiary/aromatic N) is 2. The molecule has 8 heteroatoms. The summed E-state index contributed by atoms with van der Waals surface area (Å²) in [5.74, 6) is -0.208. The van der Waals surface area contributed by atoms with E-state index < -0.39 is 5.97 Å². The van der Waals surface area contributed by atoms with Crippen LogP contribution in [0.25, 0.3) is 11.5 Å². The third kappa shape index (κ3) is 5.73. The van der Waals surface area contributed by atoms with Gasteiger partial charge in [0.25, 0.3) is 5.22 Å². The molecule has 1 aromatic heterocycles. The number of ether oxygens (including phenoxy) is 1. The molecule has 0 radical (unpaired) electrons. The van der Waals surface area contributed by atoms with Gasteiger partial charge in [-0.05, 0) is 47.7 Å². The van der Waals surface area contributed by atoms with Gasteiger partial charge in [-0.3, -0.25) is 4.79 Å². The fourth-order valence-corrected chi connectivity index (χ4v) is 3.38. The largest absolute Gasteiger partial charge is 0.465 e. The van der Waals surface area contributed by atoms with Crippen molar-refractivity contribution < 1.29 is 18.7 Å². The molecule has 0 saturated heterocycles. The number of esters is 1. The molecular formula is C23H25N3O4S. The molecule has 1 N–H and O–H groups in total. The van der Waals surface area contributed by atoms with Gasteiger partial charge in [-0.2, -0.15) is 0 Å². The maximum Gasteiger partial charge on any atom is 0.337 e. The second kappa shape index (κ2) is 9.34. The Morgan fingerprint density at radius 1 is 1.10 bits per heavy atom. The highest BCUT2D eigenvalue weighted by Crippen LogP contribution is 2.27. The van der Waals surface area contributed by atoms with E-state index in [9.17, 15) is 9.59 Å². The number of aryl methyl sites for hydroxylation is 1. The lowest BCUT2D eigenvalue weighted by Crippen LogP contribution is -2.15. The fraction of sp³-hybridized carbons (Fsp3) is 0.304. The molecule has 0 aliphatic heterocycles. The van der Waals surface area contributed by atoms with Crippen LogP contribution in [-0.4, -0.2) is 34.9 Å². The quantitative estimate of drug-likeness (QED) is 0.433. The standard InChI is InChI=1S/C23H25N3O4S/c1-14-6-7-16(21(28)29-5)12-18(14)24-19(27)13-31-22-26-25-20(30-22)15-8-10-17(11-9-15)23(2,3)4/h6-12H,13H2,1-5H3,(H,24,27). The highest BCUT2D eigenvalue weighted by molar-refractivity contribution is 7.99. The van der Waals surface area contributed by atoms with E-state index >= 15 is 0 Å². The molecular weight excluding hydrogens is 414 g/mol. The van der Waals surface area contributed by atoms with Crippen molar-refractivity contribution in [2.24, 2.45) is 0 Å². The summed E-state index contributed by atoms with van der Waals surface area (Å²) in [7, 11) is 1.31. The smallest absolute Gasteiger partial charge is 0.337 e. The number of rotatable bonds is 6. The molecule has 3 rings (SSSR count). The summed E-state index contributed by atoms with van der Waals surface area (Å²) >= 11 is 1.15. The molecule has 0 saturated carbocycles. The minimum Gasteiger partial charge on any atom is -0.465 e. The van der Waals surface area contributed by atoms with Gasteiger partial charge in [0.05, 0.1) is 18.4 Å². The minimum absolute atomic E-state index is 0.0659. The second-order valence-electron chi connectivity index (χ2n) is 8.06. The molecule has 162 valence electrons. The number of methoxy groups -OCH3 is 1. The van der Waals surface area contributed by atoms with Gasteiger partial charge in [0.1, 0.15) is 0 Å². The van der Waals surface area contributed by atoms with E-state index in [2.05, 4.69) is 36.3 Å². The first-order valence-electron chi connectivity index (χ1n) is 9.73. The average Bonchev–Trinajstić information content (AvgIpc) is 3.22. The first-order chi connectivity index (χ1) is 14.7. The van der Waals surface area contributed by atoms with E-state index in [-0.39, 0.29) is 17.1 Å². The zero-order chi connectivity index (χ0) is 22.6. The number of benzene rings is 2. The molecule has 7 nitrogen and oxygen atoms in total. The van der Waals surface area contributed by atoms with Crippen LogP contribution in [0.1, 0.15) is 42.3 Å². The highest BCUT2D eigenvalue weighted by atomic mass is 32.2. The Balaban J connectivity index is 1.61. The van der Waals surface area contributed by atoms with Crippen molar-refractivity contribution in [3.8, 4) is 11.5 Å². The molecule has 0 aliphatic carbocycles. The van der Waals surface area contributed by atoms with E-state index in [1.807, 2.05) is 31.2 Å². The lowest BCUT2D eigenvalue weighted by atomic mass is 9.87. The first kappa shape index (κ1) is 22.6. The maximum atomic E-state index is 12.4. The predicted octanol–water partition coefficient (Wildman–Crippen LogP) is 4.86. The molecule has 0 fully saturated rings. The van der Waals surface area contributed by atoms with Crippen LogP contribution < -0.4 is 5.32 Å². The Kier molecular flexibility index (Phi) is 6.80. The van der Waals surface area contributed by atoms with Crippen LogP contribution in [0.3, 0.4) is 0 Å². The van der Waals surface area contributed by atoms with Crippen LogP contribution in [0.5, 0.6) is 0 Å². The molecule has 0 unspecified atom stereocenters. The minimum atomic E-state index is -0.459. The van der Waals surface area contributed by atoms with Gasteiger partial charge in [-0.1, -0.05) is 50.7 Å². The number of hydrogen-bond donors (Lipinski definition) is 1. The molecule has 0 spiro atoms. The number of carbonyl (C=O) groups excluding carboxylic acids is 2. The van der Waals surface area contributed by atoms with Gasteiger partial charge < -0.3 is 14.5 Å². The van der Waals surface area contributed by atoms with Crippen molar-refractivity contribution in [2.75, 3.05) is 18.2 Å². The number of hydrogen-bond acceptors (Lipinski definition) is 7. The number of thioether (sulfide) groups is 1. The summed E-state index contributed by atoms with van der Waals surface area (Å²) in [6, 6.07) is 13.0. The summed E-state index contributed by atoms with van der Waals surface area (Å²) in [6.07, 6.45) is 0. The zero-order valence-corrected chi connectivity index (χ0v) is 19.0.